The second kappa shape index (κ2) is 2.80. The Morgan fingerprint density at radius 3 is 2.25 bits per heavy atom. The van der Waals surface area contributed by atoms with E-state index >= 15 is 0 Å². The number of aliphatic imine (C=N–C) groups is 1. The molecular weight excluding hydrogens is 72.1 g/mol. The molecule has 1 nitrogen and oxygen atoms in total. The molecule has 0 aromatic carbocycles. The molecule has 0 N–H and O–H groups in total. The molecule has 0 spiro atoms. The van der Waals surface area contributed by atoms with Crippen LogP contribution in [-0.4, -0.2) is 12.2 Å². The van der Waals surface area contributed by atoms with Gasteiger partial charge in [-0.05, 0) is 12.2 Å². The maximum Gasteiger partial charge on any atom is 0.0582 e. The van der Waals surface area contributed by atoms with Gasteiger partial charge in [0.25, 0.3) is 0 Å². The van der Waals surface area contributed by atoms with Gasteiger partial charge in [0, 0.05) is 7.05 Å². The van der Waals surface area contributed by atoms with Gasteiger partial charge in [-0.25, -0.2) is 4.99 Å². The summed E-state index contributed by atoms with van der Waals surface area (Å²) in [4.78, 5) is 3.30. The monoisotopic (exact) mass is 75.0 g/mol. The van der Waals surface area contributed by atoms with E-state index in [1.807, 2.05) is 0 Å². The van der Waals surface area contributed by atoms with Crippen molar-refractivity contribution in [3.63, 3.8) is 0 Å². The van der Waals surface area contributed by atoms with Crippen LogP contribution >= 0.6 is 12.2 Å². The first-order valence-corrected chi connectivity index (χ1v) is 1.28. The van der Waals surface area contributed by atoms with Gasteiger partial charge in [-0.2, -0.15) is 0 Å². The lowest BCUT2D eigenvalue weighted by Crippen LogP contribution is -1.33. The molecule has 0 unspecified atom stereocenters. The van der Waals surface area contributed by atoms with E-state index in [0.717, 1.165) is 0 Å². The van der Waals surface area contributed by atoms with E-state index in [-0.39, 0.29) is 0 Å². The largest absolute Gasteiger partial charge is 0.236 e. The van der Waals surface area contributed by atoms with Gasteiger partial charge < -0.3 is 0 Å². The normalized spacial score (nSPS) is 4.25. The van der Waals surface area contributed by atoms with E-state index < -0.39 is 0 Å². The number of hydrogen-bond donors (Lipinski definition) is 0. The fourth-order valence-electron chi connectivity index (χ4n) is 0. The number of nitrogens with zero attached hydrogens (tertiary/aromatic N) is 1. The fourth-order valence-corrected chi connectivity index (χ4v) is 0. The van der Waals surface area contributed by atoms with Crippen LogP contribution in [0.4, 0.5) is 0 Å². The van der Waals surface area contributed by atoms with Crippen molar-refractivity contribution in [3.8, 4) is 0 Å². The van der Waals surface area contributed by atoms with Crippen LogP contribution in [0.1, 0.15) is 0 Å². The molecule has 0 rings (SSSR count). The van der Waals surface area contributed by atoms with Crippen molar-refractivity contribution in [3.05, 3.63) is 0 Å². The van der Waals surface area contributed by atoms with Gasteiger partial charge in [-0.3, -0.25) is 0 Å². The molecule has 0 fully saturated rings. The van der Waals surface area contributed by atoms with Gasteiger partial charge in [0.1, 0.15) is 0 Å². The van der Waals surface area contributed by atoms with Crippen LogP contribution in [0, 0.1) is 0 Å². The molecule has 0 aliphatic rings. The Kier molecular flexibility index (Phi) is 2.66. The zero-order valence-corrected chi connectivity index (χ0v) is 3.17. The molecule has 2 heteroatoms. The summed E-state index contributed by atoms with van der Waals surface area (Å²) in [6, 6.07) is 0. The molecule has 0 atom stereocenters. The topological polar surface area (TPSA) is 12.4 Å². The first-order valence-electron chi connectivity index (χ1n) is 0.875. The van der Waals surface area contributed by atoms with E-state index in [0.29, 0.717) is 0 Å². The molecule has 0 amide bonds. The first kappa shape index (κ1) is 3.80. The molecule has 0 heterocycles. The van der Waals surface area contributed by atoms with Crippen LogP contribution in [0.25, 0.3) is 0 Å². The number of thiocarbonyl (C=S) groups is 1. The average molecular weight is 75.1 g/mol. The summed E-state index contributed by atoms with van der Waals surface area (Å²) < 4.78 is 0. The Labute approximate surface area is 30.4 Å². The Hall–Kier alpha value is -0.200. The summed E-state index contributed by atoms with van der Waals surface area (Å²) in [7, 11) is 1.59. The molecule has 22 valence electrons. The highest BCUT2D eigenvalue weighted by Crippen LogP contribution is 1.36. The Balaban J connectivity index is 3.11. The molecule has 0 bridgehead atoms. The molecule has 0 aromatic heterocycles. The van der Waals surface area contributed by atoms with Crippen LogP contribution in [0.2, 0.25) is 0 Å². The predicted molar refractivity (Wildman–Crippen MR) is 20.9 cm³/mol. The van der Waals surface area contributed by atoms with Gasteiger partial charge in [0.05, 0.1) is 5.16 Å². The minimum absolute atomic E-state index is 1.59. The SMILES string of the molecule is CN=[14C]=S. The maximum absolute atomic E-state index is 4.14. The van der Waals surface area contributed by atoms with Crippen LogP contribution < -0.4 is 0 Å². The highest BCUT2D eigenvalue weighted by Gasteiger charge is 1.24. The molecule has 4 heavy (non-hydrogen) atoms. The summed E-state index contributed by atoms with van der Waals surface area (Å²) in [6.07, 6.45) is 0. The van der Waals surface area contributed by atoms with Crippen molar-refractivity contribution in [2.24, 2.45) is 4.99 Å². The van der Waals surface area contributed by atoms with Crippen LogP contribution in [0.15, 0.2) is 4.99 Å². The predicted octanol–water partition coefficient (Wildman–Crippen LogP) is 0.719. The summed E-state index contributed by atoms with van der Waals surface area (Å²) >= 11 is 4.14. The molecule has 0 aromatic rings. The number of rotatable bonds is 0. The smallest absolute Gasteiger partial charge is 0.0582 e. The third kappa shape index (κ3) is 1.80. The van der Waals surface area contributed by atoms with Gasteiger partial charge >= 0.3 is 0 Å². The lowest BCUT2D eigenvalue weighted by atomic mass is 11.6. The van der Waals surface area contributed by atoms with Crippen molar-refractivity contribution in [2.75, 3.05) is 7.05 Å². The quantitative estimate of drug-likeness (QED) is 0.305. The van der Waals surface area contributed by atoms with Gasteiger partial charge in [-0.1, -0.05) is 0 Å². The molecule has 0 saturated heterocycles. The van der Waals surface area contributed by atoms with Crippen molar-refractivity contribution in [1.82, 2.24) is 0 Å². The lowest BCUT2D eigenvalue weighted by Gasteiger charge is -1.39. The highest BCUT2D eigenvalue weighted by atomic mass is 32.1. The zero-order chi connectivity index (χ0) is 3.41. The van der Waals surface area contributed by atoms with Crippen LogP contribution in [0.5, 0.6) is 0 Å². The standard InChI is InChI=1S/C2H3NS/c1-3-2-4/h1H3/i2+2. The van der Waals surface area contributed by atoms with Crippen LogP contribution in [0.3, 0.4) is 0 Å². The van der Waals surface area contributed by atoms with E-state index in [4.69, 9.17) is 0 Å². The van der Waals surface area contributed by atoms with E-state index in [1.165, 1.54) is 0 Å². The average Bonchev–Trinajstić information content (AvgIpc) is 1.37. The van der Waals surface area contributed by atoms with E-state index in [2.05, 4.69) is 22.4 Å². The number of isothiocyanates is 1. The lowest BCUT2D eigenvalue weighted by molar-refractivity contribution is 1.49. The van der Waals surface area contributed by atoms with Gasteiger partial charge in [0.15, 0.2) is 0 Å². The second-order valence-corrected chi connectivity index (χ2v) is 0.497. The minimum Gasteiger partial charge on any atom is -0.236 e. The fraction of sp³-hybridized carbons (Fsp3) is 0.500. The third-order valence-electron chi connectivity index (χ3n) is 0.0913. The molecular formula is C2H3NS. The second-order valence-electron chi connectivity index (χ2n) is 0.315. The Morgan fingerprint density at radius 1 is 2.00 bits per heavy atom. The van der Waals surface area contributed by atoms with E-state index in [9.17, 15) is 0 Å². The molecule has 0 aliphatic carbocycles. The summed E-state index contributed by atoms with van der Waals surface area (Å²) in [5, 5.41) is 2.14. The number of hydrogen-bond acceptors (Lipinski definition) is 2. The summed E-state index contributed by atoms with van der Waals surface area (Å²) in [5.74, 6) is 0. The third-order valence-corrected chi connectivity index (χ3v) is 0.274. The maximum atomic E-state index is 4.14. The molecule has 0 radical (unpaired) electrons. The summed E-state index contributed by atoms with van der Waals surface area (Å²) in [6.45, 7) is 0. The first-order chi connectivity index (χ1) is 1.91. The Morgan fingerprint density at radius 2 is 2.25 bits per heavy atom. The van der Waals surface area contributed by atoms with Gasteiger partial charge in [-0.15, -0.1) is 0 Å². The van der Waals surface area contributed by atoms with E-state index in [1.54, 1.807) is 7.05 Å². The molecule has 0 aliphatic heterocycles. The van der Waals surface area contributed by atoms with Crippen molar-refractivity contribution in [1.29, 1.82) is 0 Å². The van der Waals surface area contributed by atoms with Gasteiger partial charge in [0.2, 0.25) is 0 Å². The summed E-state index contributed by atoms with van der Waals surface area (Å²) in [5.41, 5.74) is 0. The zero-order valence-electron chi connectivity index (χ0n) is 2.36. The van der Waals surface area contributed by atoms with Crippen molar-refractivity contribution < 1.29 is 0 Å². The molecule has 0 saturated carbocycles. The Bertz CT molecular complexity index is 44.0. The highest BCUT2D eigenvalue weighted by molar-refractivity contribution is 7.78. The van der Waals surface area contributed by atoms with Crippen molar-refractivity contribution in [2.45, 2.75) is 0 Å². The van der Waals surface area contributed by atoms with Crippen molar-refractivity contribution >= 4 is 17.4 Å². The minimum atomic E-state index is 1.59. The van der Waals surface area contributed by atoms with Crippen LogP contribution in [-0.2, 0) is 0 Å².